The van der Waals surface area contributed by atoms with Crippen LogP contribution in [-0.2, 0) is 6.54 Å². The van der Waals surface area contributed by atoms with Gasteiger partial charge in [-0.05, 0) is 56.2 Å². The lowest BCUT2D eigenvalue weighted by Crippen LogP contribution is -2.28. The highest BCUT2D eigenvalue weighted by Crippen LogP contribution is 2.34. The summed E-state index contributed by atoms with van der Waals surface area (Å²) in [5, 5.41) is 17.5. The highest BCUT2D eigenvalue weighted by molar-refractivity contribution is 5.94. The lowest BCUT2D eigenvalue weighted by atomic mass is 10.1. The first-order valence-electron chi connectivity index (χ1n) is 10.5. The Morgan fingerprint density at radius 2 is 1.80 bits per heavy atom. The predicted molar refractivity (Wildman–Crippen MR) is 111 cm³/mol. The molecule has 5 rings (SSSR count). The van der Waals surface area contributed by atoms with Gasteiger partial charge in [0, 0.05) is 30.2 Å². The van der Waals surface area contributed by atoms with Crippen LogP contribution in [0.25, 0.3) is 0 Å². The van der Waals surface area contributed by atoms with Crippen molar-refractivity contribution in [3.63, 3.8) is 0 Å². The second-order valence-electron chi connectivity index (χ2n) is 8.38. The van der Waals surface area contributed by atoms with Crippen molar-refractivity contribution < 1.29 is 9.72 Å². The molecule has 1 amide bonds. The number of benzene rings is 1. The van der Waals surface area contributed by atoms with Crippen molar-refractivity contribution >= 4 is 23.4 Å². The Morgan fingerprint density at radius 3 is 2.40 bits per heavy atom. The monoisotopic (exact) mass is 408 g/mol. The highest BCUT2D eigenvalue weighted by atomic mass is 16.6. The fourth-order valence-corrected chi connectivity index (χ4v) is 3.37. The molecule has 3 fully saturated rings. The van der Waals surface area contributed by atoms with Crippen molar-refractivity contribution in [3.05, 3.63) is 51.7 Å². The molecule has 0 bridgehead atoms. The van der Waals surface area contributed by atoms with Crippen LogP contribution in [0.4, 0.5) is 17.5 Å². The van der Waals surface area contributed by atoms with Crippen LogP contribution < -0.4 is 15.5 Å². The number of anilines is 2. The van der Waals surface area contributed by atoms with E-state index in [2.05, 4.69) is 25.5 Å². The number of nitrogens with one attached hydrogen (secondary N) is 2. The van der Waals surface area contributed by atoms with Crippen molar-refractivity contribution in [2.24, 2.45) is 0 Å². The van der Waals surface area contributed by atoms with E-state index in [1.165, 1.54) is 6.20 Å². The normalized spacial score (nSPS) is 18.0. The summed E-state index contributed by atoms with van der Waals surface area (Å²) < 4.78 is 0. The average Bonchev–Trinajstić information content (AvgIpc) is 3.58. The number of nitro groups is 1. The van der Waals surface area contributed by atoms with Crippen molar-refractivity contribution in [1.29, 1.82) is 0 Å². The van der Waals surface area contributed by atoms with Gasteiger partial charge in [-0.3, -0.25) is 14.9 Å². The van der Waals surface area contributed by atoms with Crippen LogP contribution in [0.15, 0.2) is 30.5 Å². The molecule has 0 spiro atoms. The van der Waals surface area contributed by atoms with Gasteiger partial charge < -0.3 is 15.5 Å². The van der Waals surface area contributed by atoms with E-state index in [4.69, 9.17) is 0 Å². The van der Waals surface area contributed by atoms with Crippen LogP contribution in [0, 0.1) is 10.1 Å². The van der Waals surface area contributed by atoms with Gasteiger partial charge in [-0.1, -0.05) is 12.1 Å². The molecule has 0 saturated heterocycles. The van der Waals surface area contributed by atoms with E-state index >= 15 is 0 Å². The van der Waals surface area contributed by atoms with Gasteiger partial charge in [0.05, 0.1) is 4.92 Å². The third-order valence-electron chi connectivity index (χ3n) is 5.60. The Hall–Kier alpha value is -3.23. The Balaban J connectivity index is 1.34. The average molecular weight is 408 g/mol. The summed E-state index contributed by atoms with van der Waals surface area (Å²) in [5.41, 5.74) is 1.61. The zero-order valence-corrected chi connectivity index (χ0v) is 16.6. The summed E-state index contributed by atoms with van der Waals surface area (Å²) in [5.74, 6) is 0.768. The van der Waals surface area contributed by atoms with E-state index in [9.17, 15) is 14.9 Å². The summed E-state index contributed by atoms with van der Waals surface area (Å²) in [6, 6.07) is 8.51. The van der Waals surface area contributed by atoms with Crippen LogP contribution in [0.1, 0.15) is 54.4 Å². The Bertz CT molecular complexity index is 967. The lowest BCUT2D eigenvalue weighted by Gasteiger charge is -2.23. The second-order valence-corrected chi connectivity index (χ2v) is 8.38. The molecule has 2 N–H and O–H groups in total. The van der Waals surface area contributed by atoms with Crippen molar-refractivity contribution in [2.45, 2.75) is 63.2 Å². The van der Waals surface area contributed by atoms with Gasteiger partial charge >= 0.3 is 5.69 Å². The number of hydrogen-bond donors (Lipinski definition) is 2. The van der Waals surface area contributed by atoms with Crippen molar-refractivity contribution in [2.75, 3.05) is 10.2 Å². The quantitative estimate of drug-likeness (QED) is 0.484. The molecular weight excluding hydrogens is 384 g/mol. The standard InChI is InChI=1S/C21H24N6O3/c28-20(24-16-7-8-16)14-3-1-13(2-4-14)12-26(17-9-10-17)21-22-11-18(27(29)30)19(25-21)23-15-5-6-15/h1-4,11,15-17H,5-10,12H2,(H,24,28)(H,22,23,25). The number of carbonyl (C=O) groups is 1. The Labute approximate surface area is 174 Å². The van der Waals surface area contributed by atoms with Gasteiger partial charge in [-0.25, -0.2) is 4.98 Å². The van der Waals surface area contributed by atoms with Crippen molar-refractivity contribution in [3.8, 4) is 0 Å². The maximum atomic E-state index is 12.2. The van der Waals surface area contributed by atoms with Crippen LogP contribution in [0.3, 0.4) is 0 Å². The number of hydrogen-bond acceptors (Lipinski definition) is 7. The molecule has 1 heterocycles. The SMILES string of the molecule is O=C(NC1CC1)c1ccc(CN(c2ncc([N+](=O)[O-])c(NC3CC3)n2)C2CC2)cc1. The van der Waals surface area contributed by atoms with Crippen LogP contribution >= 0.6 is 0 Å². The van der Waals surface area contributed by atoms with Gasteiger partial charge in [0.2, 0.25) is 11.8 Å². The minimum Gasteiger partial charge on any atom is -0.361 e. The highest BCUT2D eigenvalue weighted by Gasteiger charge is 2.33. The summed E-state index contributed by atoms with van der Waals surface area (Å²) in [6.45, 7) is 0.593. The summed E-state index contributed by atoms with van der Waals surface area (Å²) in [4.78, 5) is 34.0. The molecule has 9 heteroatoms. The van der Waals surface area contributed by atoms with Gasteiger partial charge in [-0.2, -0.15) is 4.98 Å². The molecule has 9 nitrogen and oxygen atoms in total. The maximum Gasteiger partial charge on any atom is 0.329 e. The number of amides is 1. The first-order valence-corrected chi connectivity index (χ1v) is 10.5. The smallest absolute Gasteiger partial charge is 0.329 e. The number of nitrogens with zero attached hydrogens (tertiary/aromatic N) is 4. The van der Waals surface area contributed by atoms with Gasteiger partial charge in [0.15, 0.2) is 0 Å². The van der Waals surface area contributed by atoms with Crippen LogP contribution in [0.2, 0.25) is 0 Å². The molecule has 3 saturated carbocycles. The van der Waals surface area contributed by atoms with Gasteiger partial charge in [0.1, 0.15) is 6.20 Å². The Morgan fingerprint density at radius 1 is 1.10 bits per heavy atom. The van der Waals surface area contributed by atoms with Crippen molar-refractivity contribution in [1.82, 2.24) is 15.3 Å². The minimum absolute atomic E-state index is 0.0300. The van der Waals surface area contributed by atoms with E-state index in [0.717, 1.165) is 44.1 Å². The predicted octanol–water partition coefficient (Wildman–Crippen LogP) is 3.02. The fraction of sp³-hybridized carbons (Fsp3) is 0.476. The van der Waals surface area contributed by atoms with E-state index in [0.29, 0.717) is 36.0 Å². The molecule has 1 aromatic carbocycles. The van der Waals surface area contributed by atoms with E-state index in [-0.39, 0.29) is 17.6 Å². The molecule has 156 valence electrons. The molecule has 30 heavy (non-hydrogen) atoms. The molecule has 0 radical (unpaired) electrons. The van der Waals surface area contributed by atoms with E-state index < -0.39 is 4.92 Å². The van der Waals surface area contributed by atoms with Crippen LogP contribution in [-0.4, -0.2) is 38.9 Å². The summed E-state index contributed by atoms with van der Waals surface area (Å²) in [7, 11) is 0. The molecule has 0 unspecified atom stereocenters. The number of rotatable bonds is 9. The van der Waals surface area contributed by atoms with Gasteiger partial charge in [0.25, 0.3) is 5.91 Å². The molecule has 1 aromatic heterocycles. The largest absolute Gasteiger partial charge is 0.361 e. The first kappa shape index (κ1) is 18.8. The van der Waals surface area contributed by atoms with Crippen LogP contribution in [0.5, 0.6) is 0 Å². The van der Waals surface area contributed by atoms with Gasteiger partial charge in [-0.15, -0.1) is 0 Å². The topological polar surface area (TPSA) is 113 Å². The molecule has 3 aliphatic rings. The number of carbonyl (C=O) groups excluding carboxylic acids is 1. The molecule has 0 atom stereocenters. The minimum atomic E-state index is -0.443. The summed E-state index contributed by atoms with van der Waals surface area (Å²) >= 11 is 0. The lowest BCUT2D eigenvalue weighted by molar-refractivity contribution is -0.384. The third kappa shape index (κ3) is 4.34. The first-order chi connectivity index (χ1) is 14.6. The third-order valence-corrected chi connectivity index (χ3v) is 5.60. The second kappa shape index (κ2) is 7.55. The summed E-state index contributed by atoms with van der Waals surface area (Å²) in [6.07, 6.45) is 7.53. The maximum absolute atomic E-state index is 12.2. The zero-order chi connectivity index (χ0) is 20.7. The van der Waals surface area contributed by atoms with E-state index in [1.54, 1.807) is 0 Å². The Kier molecular flexibility index (Phi) is 4.72. The number of aromatic nitrogens is 2. The van der Waals surface area contributed by atoms with E-state index in [1.807, 2.05) is 24.3 Å². The molecule has 0 aliphatic heterocycles. The fourth-order valence-electron chi connectivity index (χ4n) is 3.37. The zero-order valence-electron chi connectivity index (χ0n) is 16.6. The molecule has 2 aromatic rings. The molecular formula is C21H24N6O3. The molecule has 3 aliphatic carbocycles.